The van der Waals surface area contributed by atoms with Gasteiger partial charge in [-0.3, -0.25) is 19.9 Å². The summed E-state index contributed by atoms with van der Waals surface area (Å²) in [5, 5.41) is 14.9. The molecule has 1 aliphatic rings. The van der Waals surface area contributed by atoms with Crippen LogP contribution in [0.4, 0.5) is 5.69 Å². The summed E-state index contributed by atoms with van der Waals surface area (Å²) in [7, 11) is 1.67. The third kappa shape index (κ3) is 4.81. The van der Waals surface area contributed by atoms with Gasteiger partial charge in [0.05, 0.1) is 18.6 Å². The van der Waals surface area contributed by atoms with E-state index in [2.05, 4.69) is 32.1 Å². The van der Waals surface area contributed by atoms with Crippen molar-refractivity contribution >= 4 is 5.69 Å². The van der Waals surface area contributed by atoms with Crippen LogP contribution in [0.2, 0.25) is 0 Å². The zero-order valence-electron chi connectivity index (χ0n) is 16.7. The minimum atomic E-state index is -0.435. The number of nitro benzene ring substituents is 1. The Hall–Kier alpha value is -3.30. The van der Waals surface area contributed by atoms with Crippen LogP contribution < -0.4 is 4.74 Å². The van der Waals surface area contributed by atoms with Crippen LogP contribution in [0, 0.1) is 10.1 Å². The minimum Gasteiger partial charge on any atom is -0.497 e. The van der Waals surface area contributed by atoms with Gasteiger partial charge in [-0.15, -0.1) is 0 Å². The molecule has 0 aliphatic carbocycles. The summed E-state index contributed by atoms with van der Waals surface area (Å²) in [5.74, 6) is 1.75. The number of non-ortho nitro benzene ring substituents is 1. The van der Waals surface area contributed by atoms with E-state index in [9.17, 15) is 10.1 Å². The van der Waals surface area contributed by atoms with Crippen molar-refractivity contribution in [3.05, 3.63) is 70.1 Å². The number of piperazine rings is 1. The van der Waals surface area contributed by atoms with Gasteiger partial charge in [-0.2, -0.15) is 4.98 Å². The molecule has 3 aromatic rings. The highest BCUT2D eigenvalue weighted by atomic mass is 16.6. The van der Waals surface area contributed by atoms with E-state index in [-0.39, 0.29) is 5.69 Å². The van der Waals surface area contributed by atoms with Gasteiger partial charge in [-0.1, -0.05) is 29.4 Å². The molecular formula is C21H23N5O4. The third-order valence-electron chi connectivity index (χ3n) is 5.17. The number of hydrogen-bond acceptors (Lipinski definition) is 8. The fourth-order valence-corrected chi connectivity index (χ4v) is 3.48. The van der Waals surface area contributed by atoms with Gasteiger partial charge >= 0.3 is 0 Å². The van der Waals surface area contributed by atoms with Crippen LogP contribution in [0.1, 0.15) is 11.5 Å². The Labute approximate surface area is 174 Å². The summed E-state index contributed by atoms with van der Waals surface area (Å²) >= 11 is 0. The van der Waals surface area contributed by atoms with Crippen molar-refractivity contribution in [2.45, 2.75) is 13.1 Å². The fourth-order valence-electron chi connectivity index (χ4n) is 3.48. The third-order valence-corrected chi connectivity index (χ3v) is 5.17. The normalized spacial score (nSPS) is 15.2. The SMILES string of the molecule is COc1ccc(CN2CCN(Cc3nc(-c4cccc([N+](=O)[O-])c4)no3)CC2)cc1. The molecule has 4 rings (SSSR count). The van der Waals surface area contributed by atoms with Crippen molar-refractivity contribution in [1.82, 2.24) is 19.9 Å². The first-order valence-corrected chi connectivity index (χ1v) is 9.76. The van der Waals surface area contributed by atoms with E-state index in [1.807, 2.05) is 12.1 Å². The van der Waals surface area contributed by atoms with Gasteiger partial charge in [-0.25, -0.2) is 0 Å². The molecule has 9 nitrogen and oxygen atoms in total. The van der Waals surface area contributed by atoms with Crippen LogP contribution in [0.15, 0.2) is 53.1 Å². The van der Waals surface area contributed by atoms with Gasteiger partial charge in [0.1, 0.15) is 5.75 Å². The number of hydrogen-bond donors (Lipinski definition) is 0. The highest BCUT2D eigenvalue weighted by Crippen LogP contribution is 2.22. The molecule has 1 saturated heterocycles. The lowest BCUT2D eigenvalue weighted by Crippen LogP contribution is -2.45. The van der Waals surface area contributed by atoms with Crippen LogP contribution in [0.5, 0.6) is 5.75 Å². The molecule has 2 aromatic carbocycles. The number of nitrogens with zero attached hydrogens (tertiary/aromatic N) is 5. The van der Waals surface area contributed by atoms with Gasteiger partial charge in [0.25, 0.3) is 5.69 Å². The standard InChI is InChI=1S/C21H23N5O4/c1-29-19-7-5-16(6-8-19)14-24-9-11-25(12-10-24)15-20-22-21(23-30-20)17-3-2-4-18(13-17)26(27)28/h2-8,13H,9-12,14-15H2,1H3. The Balaban J connectivity index is 1.30. The van der Waals surface area contributed by atoms with Gasteiger partial charge in [0.15, 0.2) is 0 Å². The molecule has 0 N–H and O–H groups in total. The smallest absolute Gasteiger partial charge is 0.270 e. The molecule has 9 heteroatoms. The maximum Gasteiger partial charge on any atom is 0.270 e. The monoisotopic (exact) mass is 409 g/mol. The van der Waals surface area contributed by atoms with E-state index in [0.29, 0.717) is 23.8 Å². The molecule has 0 bridgehead atoms. The summed E-state index contributed by atoms with van der Waals surface area (Å²) < 4.78 is 10.6. The second-order valence-corrected chi connectivity index (χ2v) is 7.22. The maximum atomic E-state index is 10.9. The van der Waals surface area contributed by atoms with E-state index in [4.69, 9.17) is 9.26 Å². The fraction of sp³-hybridized carbons (Fsp3) is 0.333. The molecule has 2 heterocycles. The van der Waals surface area contributed by atoms with Gasteiger partial charge in [-0.05, 0) is 17.7 Å². The van der Waals surface area contributed by atoms with Crippen molar-refractivity contribution in [1.29, 1.82) is 0 Å². The first-order valence-electron chi connectivity index (χ1n) is 9.76. The number of aromatic nitrogens is 2. The Bertz CT molecular complexity index is 997. The Morgan fingerprint density at radius 2 is 1.77 bits per heavy atom. The Morgan fingerprint density at radius 1 is 1.07 bits per heavy atom. The Kier molecular flexibility index (Phi) is 6.01. The van der Waals surface area contributed by atoms with Crippen molar-refractivity contribution in [2.75, 3.05) is 33.3 Å². The molecule has 156 valence electrons. The minimum absolute atomic E-state index is 0.00633. The van der Waals surface area contributed by atoms with Crippen molar-refractivity contribution in [3.8, 4) is 17.1 Å². The molecule has 1 aromatic heterocycles. The lowest BCUT2D eigenvalue weighted by molar-refractivity contribution is -0.384. The molecule has 1 aliphatic heterocycles. The van der Waals surface area contributed by atoms with E-state index in [1.54, 1.807) is 19.2 Å². The number of ether oxygens (including phenoxy) is 1. The van der Waals surface area contributed by atoms with Gasteiger partial charge in [0, 0.05) is 50.4 Å². The quantitative estimate of drug-likeness (QED) is 0.434. The Morgan fingerprint density at radius 3 is 2.43 bits per heavy atom. The second-order valence-electron chi connectivity index (χ2n) is 7.22. The van der Waals surface area contributed by atoms with Gasteiger partial charge in [0.2, 0.25) is 11.7 Å². The summed E-state index contributed by atoms with van der Waals surface area (Å²) in [6, 6.07) is 14.4. The van der Waals surface area contributed by atoms with Crippen molar-refractivity contribution < 1.29 is 14.2 Å². The summed E-state index contributed by atoms with van der Waals surface area (Å²) in [5.41, 5.74) is 1.85. The number of nitro groups is 1. The average Bonchev–Trinajstić information content (AvgIpc) is 3.24. The molecule has 0 atom stereocenters. The predicted octanol–water partition coefficient (Wildman–Crippen LogP) is 2.97. The summed E-state index contributed by atoms with van der Waals surface area (Å²) in [6.45, 7) is 5.21. The van der Waals surface area contributed by atoms with E-state index >= 15 is 0 Å². The lowest BCUT2D eigenvalue weighted by Gasteiger charge is -2.33. The molecule has 0 amide bonds. The number of methoxy groups -OCH3 is 1. The van der Waals surface area contributed by atoms with E-state index in [1.165, 1.54) is 17.7 Å². The molecule has 30 heavy (non-hydrogen) atoms. The average molecular weight is 409 g/mol. The zero-order chi connectivity index (χ0) is 20.9. The van der Waals surface area contributed by atoms with E-state index < -0.39 is 4.92 Å². The highest BCUT2D eigenvalue weighted by Gasteiger charge is 2.20. The van der Waals surface area contributed by atoms with Crippen molar-refractivity contribution in [3.63, 3.8) is 0 Å². The molecule has 0 radical (unpaired) electrons. The van der Waals surface area contributed by atoms with Crippen LogP contribution in [-0.2, 0) is 13.1 Å². The largest absolute Gasteiger partial charge is 0.497 e. The first-order chi connectivity index (χ1) is 14.6. The van der Waals surface area contributed by atoms with E-state index in [0.717, 1.165) is 38.5 Å². The van der Waals surface area contributed by atoms with Crippen LogP contribution in [0.3, 0.4) is 0 Å². The molecular weight excluding hydrogens is 386 g/mol. The molecule has 0 spiro atoms. The second kappa shape index (κ2) is 9.02. The number of benzene rings is 2. The van der Waals surface area contributed by atoms with Crippen LogP contribution >= 0.6 is 0 Å². The molecule has 0 unspecified atom stereocenters. The highest BCUT2D eigenvalue weighted by molar-refractivity contribution is 5.58. The lowest BCUT2D eigenvalue weighted by atomic mass is 10.2. The van der Waals surface area contributed by atoms with Gasteiger partial charge < -0.3 is 9.26 Å². The predicted molar refractivity (Wildman–Crippen MR) is 110 cm³/mol. The van der Waals surface area contributed by atoms with Crippen molar-refractivity contribution in [2.24, 2.45) is 0 Å². The zero-order valence-corrected chi connectivity index (χ0v) is 16.7. The topological polar surface area (TPSA) is 97.8 Å². The molecule has 1 fully saturated rings. The first kappa shape index (κ1) is 20.0. The summed E-state index contributed by atoms with van der Waals surface area (Å²) in [6.07, 6.45) is 0. The van der Waals surface area contributed by atoms with Crippen LogP contribution in [0.25, 0.3) is 11.4 Å². The number of rotatable bonds is 7. The maximum absolute atomic E-state index is 10.9. The summed E-state index contributed by atoms with van der Waals surface area (Å²) in [4.78, 5) is 19.6. The molecule has 0 saturated carbocycles. The van der Waals surface area contributed by atoms with Crippen LogP contribution in [-0.4, -0.2) is 58.2 Å².